The summed E-state index contributed by atoms with van der Waals surface area (Å²) in [5.74, 6) is -1.22. The van der Waals surface area contributed by atoms with E-state index in [0.717, 1.165) is 5.56 Å². The van der Waals surface area contributed by atoms with Crippen molar-refractivity contribution in [1.82, 2.24) is 15.1 Å². The third-order valence-electron chi connectivity index (χ3n) is 4.44. The number of nitrogens with zero attached hydrogens (tertiary/aromatic N) is 2. The second-order valence-electron chi connectivity index (χ2n) is 6.43. The molecule has 1 aromatic heterocycles. The summed E-state index contributed by atoms with van der Waals surface area (Å²) in [4.78, 5) is 37.1. The monoisotopic (exact) mass is 413 g/mol. The number of carbonyl (C=O) groups is 2. The summed E-state index contributed by atoms with van der Waals surface area (Å²) >= 11 is 5.87. The molecule has 0 saturated heterocycles. The van der Waals surface area contributed by atoms with Gasteiger partial charge < -0.3 is 10.1 Å². The molecule has 1 N–H and O–H groups in total. The van der Waals surface area contributed by atoms with E-state index in [-0.39, 0.29) is 17.3 Å². The fourth-order valence-electron chi connectivity index (χ4n) is 2.92. The van der Waals surface area contributed by atoms with Gasteiger partial charge in [0.05, 0.1) is 11.4 Å². The van der Waals surface area contributed by atoms with Crippen molar-refractivity contribution in [1.29, 1.82) is 0 Å². The maximum absolute atomic E-state index is 12.5. The largest absolute Gasteiger partial charge is 0.451 e. The van der Waals surface area contributed by atoms with Gasteiger partial charge in [0.2, 0.25) is 0 Å². The van der Waals surface area contributed by atoms with Crippen molar-refractivity contribution in [3.8, 4) is 0 Å². The van der Waals surface area contributed by atoms with Gasteiger partial charge in [-0.05, 0) is 37.6 Å². The zero-order chi connectivity index (χ0) is 21.0. The lowest BCUT2D eigenvalue weighted by Gasteiger charge is -2.15. The molecule has 3 rings (SSSR count). The lowest BCUT2D eigenvalue weighted by Crippen LogP contribution is -2.32. The van der Waals surface area contributed by atoms with E-state index >= 15 is 0 Å². The van der Waals surface area contributed by atoms with Crippen molar-refractivity contribution >= 4 is 34.2 Å². The molecule has 3 aromatic rings. The van der Waals surface area contributed by atoms with Crippen LogP contribution in [0.25, 0.3) is 10.8 Å². The van der Waals surface area contributed by atoms with Gasteiger partial charge in [0.15, 0.2) is 12.3 Å². The van der Waals surface area contributed by atoms with Crippen molar-refractivity contribution < 1.29 is 14.3 Å². The lowest BCUT2D eigenvalue weighted by atomic mass is 10.1. The van der Waals surface area contributed by atoms with Crippen LogP contribution in [0.3, 0.4) is 0 Å². The smallest absolute Gasteiger partial charge is 0.359 e. The fourth-order valence-corrected chi connectivity index (χ4v) is 3.04. The van der Waals surface area contributed by atoms with Crippen molar-refractivity contribution in [2.45, 2.75) is 26.4 Å². The van der Waals surface area contributed by atoms with Gasteiger partial charge in [-0.25, -0.2) is 9.48 Å². The fraction of sp³-hybridized carbons (Fsp3) is 0.238. The molecule has 0 unspecified atom stereocenters. The first kappa shape index (κ1) is 20.5. The van der Waals surface area contributed by atoms with E-state index in [1.165, 1.54) is 4.68 Å². The molecule has 0 fully saturated rings. The Kier molecular flexibility index (Phi) is 6.29. The van der Waals surface area contributed by atoms with Gasteiger partial charge in [0, 0.05) is 17.0 Å². The number of hydrogen-bond donors (Lipinski definition) is 1. The molecule has 0 bridgehead atoms. The number of halogens is 1. The van der Waals surface area contributed by atoms with Crippen LogP contribution in [0.2, 0.25) is 5.02 Å². The highest BCUT2D eigenvalue weighted by Gasteiger charge is 2.19. The van der Waals surface area contributed by atoms with Gasteiger partial charge in [-0.1, -0.05) is 41.9 Å². The predicted octanol–water partition coefficient (Wildman–Crippen LogP) is 3.10. The summed E-state index contributed by atoms with van der Waals surface area (Å²) in [6.07, 6.45) is 0. The molecule has 29 heavy (non-hydrogen) atoms. The molecule has 150 valence electrons. The van der Waals surface area contributed by atoms with E-state index in [2.05, 4.69) is 10.4 Å². The Balaban J connectivity index is 1.71. The number of fused-ring (bicyclic) bond motifs is 1. The third-order valence-corrected chi connectivity index (χ3v) is 4.69. The van der Waals surface area contributed by atoms with E-state index in [1.54, 1.807) is 43.3 Å². The number of amides is 1. The van der Waals surface area contributed by atoms with E-state index < -0.39 is 18.5 Å². The maximum Gasteiger partial charge on any atom is 0.359 e. The first-order valence-electron chi connectivity index (χ1n) is 9.12. The highest BCUT2D eigenvalue weighted by Crippen LogP contribution is 2.16. The van der Waals surface area contributed by atoms with Gasteiger partial charge >= 0.3 is 5.97 Å². The molecule has 7 nitrogen and oxygen atoms in total. The Morgan fingerprint density at radius 1 is 1.14 bits per heavy atom. The lowest BCUT2D eigenvalue weighted by molar-refractivity contribution is -0.124. The standard InChI is InChI=1S/C21H20ClN3O4/c1-3-25-20(27)17-7-5-4-6-16(17)19(24-25)21(28)29-12-18(26)23-13(2)14-8-10-15(22)11-9-14/h4-11,13H,3,12H2,1-2H3,(H,23,26)/t13-/m0/s1. The molecule has 8 heteroatoms. The van der Waals surface area contributed by atoms with Crippen LogP contribution in [-0.2, 0) is 16.1 Å². The highest BCUT2D eigenvalue weighted by molar-refractivity contribution is 6.30. The number of ether oxygens (including phenoxy) is 1. The minimum Gasteiger partial charge on any atom is -0.451 e. The van der Waals surface area contributed by atoms with E-state index in [4.69, 9.17) is 16.3 Å². The van der Waals surface area contributed by atoms with Gasteiger partial charge in [-0.15, -0.1) is 0 Å². The zero-order valence-corrected chi connectivity index (χ0v) is 16.8. The number of nitrogens with one attached hydrogen (secondary N) is 1. The second kappa shape index (κ2) is 8.87. The Hall–Kier alpha value is -3.19. The first-order valence-corrected chi connectivity index (χ1v) is 9.50. The highest BCUT2D eigenvalue weighted by atomic mass is 35.5. The van der Waals surface area contributed by atoms with Crippen LogP contribution >= 0.6 is 11.6 Å². The van der Waals surface area contributed by atoms with Crippen LogP contribution in [0.15, 0.2) is 53.3 Å². The van der Waals surface area contributed by atoms with Crippen LogP contribution in [0.5, 0.6) is 0 Å². The molecule has 1 amide bonds. The Labute approximate surface area is 172 Å². The van der Waals surface area contributed by atoms with Gasteiger partial charge in [0.1, 0.15) is 0 Å². The zero-order valence-electron chi connectivity index (χ0n) is 16.0. The Morgan fingerprint density at radius 2 is 1.79 bits per heavy atom. The summed E-state index contributed by atoms with van der Waals surface area (Å²) in [5.41, 5.74) is 0.589. The van der Waals surface area contributed by atoms with E-state index in [1.807, 2.05) is 19.1 Å². The Morgan fingerprint density at radius 3 is 2.45 bits per heavy atom. The topological polar surface area (TPSA) is 90.3 Å². The van der Waals surface area contributed by atoms with Gasteiger partial charge in [0.25, 0.3) is 11.5 Å². The molecule has 0 saturated carbocycles. The van der Waals surface area contributed by atoms with Crippen molar-refractivity contribution in [3.05, 3.63) is 75.2 Å². The van der Waals surface area contributed by atoms with Gasteiger partial charge in [-0.2, -0.15) is 5.10 Å². The van der Waals surface area contributed by atoms with Gasteiger partial charge in [-0.3, -0.25) is 9.59 Å². The van der Waals surface area contributed by atoms with Crippen molar-refractivity contribution in [2.24, 2.45) is 0 Å². The maximum atomic E-state index is 12.5. The molecular weight excluding hydrogens is 394 g/mol. The van der Waals surface area contributed by atoms with E-state index in [9.17, 15) is 14.4 Å². The average Bonchev–Trinajstić information content (AvgIpc) is 2.73. The van der Waals surface area contributed by atoms with Crippen molar-refractivity contribution in [2.75, 3.05) is 6.61 Å². The third kappa shape index (κ3) is 4.63. The van der Waals surface area contributed by atoms with Crippen LogP contribution in [0.1, 0.15) is 35.9 Å². The number of rotatable bonds is 6. The van der Waals surface area contributed by atoms with Crippen LogP contribution in [0.4, 0.5) is 0 Å². The first-order chi connectivity index (χ1) is 13.9. The number of hydrogen-bond acceptors (Lipinski definition) is 5. The number of benzene rings is 2. The molecule has 0 aliphatic carbocycles. The van der Waals surface area contributed by atoms with Crippen LogP contribution in [0, 0.1) is 0 Å². The summed E-state index contributed by atoms with van der Waals surface area (Å²) in [7, 11) is 0. The van der Waals surface area contributed by atoms with E-state index in [0.29, 0.717) is 22.3 Å². The number of carbonyl (C=O) groups excluding carboxylic acids is 2. The number of aromatic nitrogens is 2. The summed E-state index contributed by atoms with van der Waals surface area (Å²) in [6.45, 7) is 3.42. The van der Waals surface area contributed by atoms with Crippen molar-refractivity contribution in [3.63, 3.8) is 0 Å². The second-order valence-corrected chi connectivity index (χ2v) is 6.87. The molecule has 0 aliphatic heterocycles. The number of aryl methyl sites for hydroxylation is 1. The normalized spacial score (nSPS) is 11.8. The quantitative estimate of drug-likeness (QED) is 0.627. The summed E-state index contributed by atoms with van der Waals surface area (Å²) in [5, 5.41) is 8.22. The molecule has 0 radical (unpaired) electrons. The molecule has 0 aliphatic rings. The minimum atomic E-state index is -0.766. The number of esters is 1. The van der Waals surface area contributed by atoms with Crippen LogP contribution in [-0.4, -0.2) is 28.3 Å². The SMILES string of the molecule is CCn1nc(C(=O)OCC(=O)N[C@@H](C)c2ccc(Cl)cc2)c2ccccc2c1=O. The Bertz CT molecular complexity index is 1110. The molecule has 1 atom stereocenters. The average molecular weight is 414 g/mol. The molecule has 0 spiro atoms. The molecular formula is C21H20ClN3O4. The minimum absolute atomic E-state index is 0.000555. The van der Waals surface area contributed by atoms with Crippen LogP contribution < -0.4 is 10.9 Å². The predicted molar refractivity (Wildman–Crippen MR) is 110 cm³/mol. The molecule has 2 aromatic carbocycles. The molecule has 1 heterocycles. The summed E-state index contributed by atoms with van der Waals surface area (Å²) < 4.78 is 6.34. The summed E-state index contributed by atoms with van der Waals surface area (Å²) in [6, 6.07) is 13.5.